The maximum absolute atomic E-state index is 12.5. The van der Waals surface area contributed by atoms with Crippen LogP contribution in [-0.2, 0) is 6.54 Å². The Morgan fingerprint density at radius 2 is 2.07 bits per heavy atom. The van der Waals surface area contributed by atoms with Crippen LogP contribution >= 0.6 is 0 Å². The van der Waals surface area contributed by atoms with E-state index in [1.54, 1.807) is 12.3 Å². The van der Waals surface area contributed by atoms with Gasteiger partial charge in [0.2, 0.25) is 0 Å². The van der Waals surface area contributed by atoms with E-state index in [0.717, 1.165) is 28.7 Å². The summed E-state index contributed by atoms with van der Waals surface area (Å²) in [5, 5.41) is 0. The number of nitrogens with zero attached hydrogens (tertiary/aromatic N) is 1. The Morgan fingerprint density at radius 3 is 2.79 bits per heavy atom. The molecule has 1 heterocycles. The highest BCUT2D eigenvalue weighted by Gasteiger charge is 2.14. The molecule has 0 unspecified atom stereocenters. The molecule has 0 bridgehead atoms. The van der Waals surface area contributed by atoms with Crippen molar-refractivity contribution < 1.29 is 4.79 Å². The van der Waals surface area contributed by atoms with Crippen LogP contribution < -0.4 is 5.43 Å². The Hall–Kier alpha value is -3.60. The lowest BCUT2D eigenvalue weighted by Crippen LogP contribution is -2.19. The average Bonchev–Trinajstić information content (AvgIpc) is 2.95. The van der Waals surface area contributed by atoms with Crippen LogP contribution in [0.5, 0.6) is 0 Å². The third-order valence-corrected chi connectivity index (χ3v) is 4.55. The third-order valence-electron chi connectivity index (χ3n) is 4.55. The molecule has 1 aliphatic rings. The minimum Gasteiger partial charge on any atom is -0.346 e. The van der Waals surface area contributed by atoms with Gasteiger partial charge in [-0.1, -0.05) is 49.6 Å². The van der Waals surface area contributed by atoms with E-state index in [1.807, 2.05) is 48.8 Å². The van der Waals surface area contributed by atoms with Gasteiger partial charge in [0.25, 0.3) is 0 Å². The quantitative estimate of drug-likeness (QED) is 0.325. The molecule has 1 aromatic carbocycles. The summed E-state index contributed by atoms with van der Waals surface area (Å²) in [7, 11) is 0. The molecular formula is C25H21NO2. The Morgan fingerprint density at radius 1 is 1.29 bits per heavy atom. The minimum absolute atomic E-state index is 0.127. The highest BCUT2D eigenvalue weighted by Crippen LogP contribution is 2.25. The fourth-order valence-corrected chi connectivity index (χ4v) is 3.15. The molecular weight excluding hydrogens is 346 g/mol. The maximum Gasteiger partial charge on any atom is 0.193 e. The second-order valence-electron chi connectivity index (χ2n) is 6.54. The van der Waals surface area contributed by atoms with Gasteiger partial charge in [-0.3, -0.25) is 9.59 Å². The first-order chi connectivity index (χ1) is 13.5. The summed E-state index contributed by atoms with van der Waals surface area (Å²) in [5.74, 6) is 5.72. The molecule has 0 saturated heterocycles. The van der Waals surface area contributed by atoms with E-state index < -0.39 is 0 Å². The first-order valence-corrected chi connectivity index (χ1v) is 9.21. The molecule has 138 valence electrons. The van der Waals surface area contributed by atoms with Crippen molar-refractivity contribution in [1.29, 1.82) is 0 Å². The zero-order chi connectivity index (χ0) is 20.1. The van der Waals surface area contributed by atoms with E-state index in [9.17, 15) is 9.59 Å². The van der Waals surface area contributed by atoms with Gasteiger partial charge < -0.3 is 4.57 Å². The van der Waals surface area contributed by atoms with Crippen LogP contribution in [0, 0.1) is 18.8 Å². The summed E-state index contributed by atoms with van der Waals surface area (Å²) in [6.07, 6.45) is 7.29. The second kappa shape index (κ2) is 8.39. The third kappa shape index (κ3) is 3.88. The van der Waals surface area contributed by atoms with Crippen LogP contribution in [0.3, 0.4) is 0 Å². The van der Waals surface area contributed by atoms with Crippen LogP contribution in [0.25, 0.3) is 11.1 Å². The molecule has 2 aromatic rings. The lowest BCUT2D eigenvalue weighted by atomic mass is 9.98. The Kier molecular flexibility index (Phi) is 5.75. The number of rotatable bonds is 6. The Bertz CT molecular complexity index is 1170. The normalized spacial score (nSPS) is 12.4. The molecule has 0 spiro atoms. The number of benzene rings is 1. The van der Waals surface area contributed by atoms with Gasteiger partial charge in [-0.2, -0.15) is 0 Å². The minimum atomic E-state index is -0.371. The molecule has 3 nitrogen and oxygen atoms in total. The number of hydrogen-bond acceptors (Lipinski definition) is 2. The van der Waals surface area contributed by atoms with Crippen molar-refractivity contribution >= 4 is 16.9 Å². The number of carbonyl (C=O) groups excluding carboxylic acids is 1. The van der Waals surface area contributed by atoms with Crippen LogP contribution in [-0.4, -0.2) is 10.4 Å². The van der Waals surface area contributed by atoms with Crippen molar-refractivity contribution in [2.24, 2.45) is 0 Å². The SMILES string of the molecule is C=CC(=O)c1cn(CCC)c(C2=CC(c3ccccc3C)=C=CC#C2)cc1=O. The molecule has 3 heteroatoms. The molecule has 0 aliphatic heterocycles. The smallest absolute Gasteiger partial charge is 0.193 e. The van der Waals surface area contributed by atoms with E-state index in [4.69, 9.17) is 0 Å². The number of allylic oxidation sites excluding steroid dienone is 4. The van der Waals surface area contributed by atoms with Crippen molar-refractivity contribution in [3.05, 3.63) is 99.7 Å². The highest BCUT2D eigenvalue weighted by molar-refractivity contribution is 6.04. The lowest BCUT2D eigenvalue weighted by molar-refractivity contribution is 0.104. The molecule has 0 N–H and O–H groups in total. The summed E-state index contributed by atoms with van der Waals surface area (Å²) < 4.78 is 1.92. The predicted octanol–water partition coefficient (Wildman–Crippen LogP) is 4.57. The first kappa shape index (κ1) is 19.2. The van der Waals surface area contributed by atoms with Crippen molar-refractivity contribution in [2.45, 2.75) is 26.8 Å². The molecule has 3 rings (SSSR count). The fraction of sp³-hybridized carbons (Fsp3) is 0.160. The molecule has 1 aromatic heterocycles. The average molecular weight is 367 g/mol. The summed E-state index contributed by atoms with van der Waals surface area (Å²) in [6.45, 7) is 8.25. The van der Waals surface area contributed by atoms with Gasteiger partial charge in [-0.05, 0) is 36.6 Å². The number of ketones is 1. The van der Waals surface area contributed by atoms with Crippen LogP contribution in [0.15, 0.2) is 71.9 Å². The van der Waals surface area contributed by atoms with E-state index in [-0.39, 0.29) is 16.8 Å². The summed E-state index contributed by atoms with van der Waals surface area (Å²) >= 11 is 0. The van der Waals surface area contributed by atoms with Crippen molar-refractivity contribution in [3.8, 4) is 11.8 Å². The van der Waals surface area contributed by atoms with Gasteiger partial charge >= 0.3 is 0 Å². The molecule has 0 atom stereocenters. The zero-order valence-corrected chi connectivity index (χ0v) is 16.1. The fourth-order valence-electron chi connectivity index (χ4n) is 3.15. The van der Waals surface area contributed by atoms with E-state index in [0.29, 0.717) is 12.2 Å². The molecule has 0 saturated carbocycles. The van der Waals surface area contributed by atoms with Crippen LogP contribution in [0.2, 0.25) is 0 Å². The van der Waals surface area contributed by atoms with Crippen molar-refractivity contribution in [2.75, 3.05) is 0 Å². The zero-order valence-electron chi connectivity index (χ0n) is 16.1. The van der Waals surface area contributed by atoms with Crippen LogP contribution in [0.1, 0.15) is 40.5 Å². The number of aromatic nitrogens is 1. The van der Waals surface area contributed by atoms with Gasteiger partial charge in [-0.15, -0.1) is 5.73 Å². The van der Waals surface area contributed by atoms with Gasteiger partial charge in [0, 0.05) is 36.0 Å². The largest absolute Gasteiger partial charge is 0.346 e. The second-order valence-corrected chi connectivity index (χ2v) is 6.54. The van der Waals surface area contributed by atoms with E-state index in [2.05, 4.69) is 24.2 Å². The van der Waals surface area contributed by atoms with Gasteiger partial charge in [0.05, 0.1) is 11.3 Å². The number of carbonyl (C=O) groups is 1. The molecule has 1 aliphatic carbocycles. The standard InChI is InChI=1S/C25H21NO2/c1-4-14-26-17-22(24(27)5-2)25(28)16-23(26)20-12-8-7-11-19(15-20)21-13-9-6-10-18(21)3/h5-7,9-10,13,15-17H,2,4,14H2,1,3H3. The van der Waals surface area contributed by atoms with Gasteiger partial charge in [0.1, 0.15) is 0 Å². The summed E-state index contributed by atoms with van der Waals surface area (Å²) in [4.78, 5) is 24.6. The molecule has 28 heavy (non-hydrogen) atoms. The lowest BCUT2D eigenvalue weighted by Gasteiger charge is -2.14. The topological polar surface area (TPSA) is 39.1 Å². The number of hydrogen-bond donors (Lipinski definition) is 0. The summed E-state index contributed by atoms with van der Waals surface area (Å²) in [5.41, 5.74) is 7.54. The Balaban J connectivity index is 2.18. The maximum atomic E-state index is 12.5. The van der Waals surface area contributed by atoms with Gasteiger partial charge in [0.15, 0.2) is 11.2 Å². The molecule has 0 radical (unpaired) electrons. The monoisotopic (exact) mass is 367 g/mol. The molecule has 0 amide bonds. The van der Waals surface area contributed by atoms with Crippen LogP contribution in [0.4, 0.5) is 0 Å². The predicted molar refractivity (Wildman–Crippen MR) is 114 cm³/mol. The number of pyridine rings is 1. The van der Waals surface area contributed by atoms with Crippen molar-refractivity contribution in [3.63, 3.8) is 0 Å². The van der Waals surface area contributed by atoms with E-state index >= 15 is 0 Å². The Labute approximate surface area is 165 Å². The highest BCUT2D eigenvalue weighted by atomic mass is 16.1. The molecule has 0 fully saturated rings. The summed E-state index contributed by atoms with van der Waals surface area (Å²) in [6, 6.07) is 9.56. The number of aryl methyl sites for hydroxylation is 2. The van der Waals surface area contributed by atoms with Crippen molar-refractivity contribution in [1.82, 2.24) is 4.57 Å². The van der Waals surface area contributed by atoms with Gasteiger partial charge in [-0.25, -0.2) is 0 Å². The van der Waals surface area contributed by atoms with E-state index in [1.165, 1.54) is 12.1 Å². The first-order valence-electron chi connectivity index (χ1n) is 9.21.